The fourth-order valence-electron chi connectivity index (χ4n) is 3.67. The molecule has 30 heavy (non-hydrogen) atoms. The van der Waals surface area contributed by atoms with Gasteiger partial charge in [0, 0.05) is 39.8 Å². The van der Waals surface area contributed by atoms with Crippen molar-refractivity contribution in [3.63, 3.8) is 0 Å². The molecule has 3 aliphatic rings. The lowest BCUT2D eigenvalue weighted by molar-refractivity contribution is -0.166. The first-order valence-electron chi connectivity index (χ1n) is 20.8. The quantitative estimate of drug-likeness (QED) is 0.611. The Bertz CT molecular complexity index is 1540. The first-order chi connectivity index (χ1) is 23.3. The number of cyclic esters (lactones) is 1. The summed E-state index contributed by atoms with van der Waals surface area (Å²) in [5.41, 5.74) is -5.64. The second-order valence-corrected chi connectivity index (χ2v) is 7.32. The van der Waals surface area contributed by atoms with Crippen LogP contribution in [0.5, 0.6) is 0 Å². The molecule has 1 saturated heterocycles. The number of hydrogen-bond donors (Lipinski definition) is 1. The highest BCUT2D eigenvalue weighted by Gasteiger charge is 2.43. The van der Waals surface area contributed by atoms with E-state index in [1.807, 2.05) is 0 Å². The topological polar surface area (TPSA) is 72.8 Å². The molecule has 1 aliphatic heterocycles. The van der Waals surface area contributed by atoms with Crippen LogP contribution in [0.15, 0.2) is 23.7 Å². The molecular formula is C25H38O5. The van der Waals surface area contributed by atoms with Crippen molar-refractivity contribution < 1.29 is 55.7 Å². The number of esters is 2. The van der Waals surface area contributed by atoms with Crippen molar-refractivity contribution in [2.75, 3.05) is 0 Å². The molecule has 1 fully saturated rings. The normalized spacial score (nSPS) is 59.2. The van der Waals surface area contributed by atoms with Crippen molar-refractivity contribution in [1.82, 2.24) is 0 Å². The fraction of sp³-hybridized carbons (Fsp3) is 0.760. The fourth-order valence-corrected chi connectivity index (χ4v) is 3.67. The van der Waals surface area contributed by atoms with Gasteiger partial charge in [0.25, 0.3) is 0 Å². The number of rotatable bonds is 6. The molecule has 2 aliphatic carbocycles. The summed E-state index contributed by atoms with van der Waals surface area (Å²) in [5.74, 6) is -14.4. The SMILES string of the molecule is [2H]C1=C([2H])[C@]([2H])(C)[C@H](CCC2C[C@@H](O)C([2H])([2H])C(=O)O2)[C@@H]2C1=C([2H])[C@]([2H])(C([2H])([2H])[2H])C([2H])([2H])C2OC(=O)C(C([2H])([2H])[2H])(C([2H])([2H])[2H])C([2H])([2H])C([2H])([2H])[2H]. The summed E-state index contributed by atoms with van der Waals surface area (Å²) in [6, 6.07) is -3.51. The second kappa shape index (κ2) is 9.25. The highest BCUT2D eigenvalue weighted by Crippen LogP contribution is 2.45. The Morgan fingerprint density at radius 3 is 3.07 bits per heavy atom. The Kier molecular flexibility index (Phi) is 2.30. The van der Waals surface area contributed by atoms with Crippen LogP contribution in [0.25, 0.3) is 0 Å². The monoisotopic (exact) mass is 441 g/mol. The first kappa shape index (κ1) is 7.47. The minimum Gasteiger partial charge on any atom is -0.462 e. The van der Waals surface area contributed by atoms with E-state index >= 15 is 0 Å². The summed E-state index contributed by atoms with van der Waals surface area (Å²) in [6.07, 6.45) is -19.1. The highest BCUT2D eigenvalue weighted by molar-refractivity contribution is 5.76. The summed E-state index contributed by atoms with van der Waals surface area (Å²) >= 11 is 0. The van der Waals surface area contributed by atoms with Gasteiger partial charge in [0.05, 0.1) is 22.0 Å². The van der Waals surface area contributed by atoms with E-state index in [1.54, 1.807) is 0 Å². The van der Waals surface area contributed by atoms with Crippen LogP contribution in [0.1, 0.15) is 104 Å². The maximum Gasteiger partial charge on any atom is 0.311 e. The molecule has 7 atom stereocenters. The summed E-state index contributed by atoms with van der Waals surface area (Å²) < 4.78 is 200. The zero-order valence-electron chi connectivity index (χ0n) is 39.1. The van der Waals surface area contributed by atoms with Crippen LogP contribution in [0.4, 0.5) is 0 Å². The molecule has 168 valence electrons. The average molecular weight is 442 g/mol. The minimum absolute atomic E-state index is 0.444. The molecule has 0 bridgehead atoms. The number of fused-ring (bicyclic) bond motifs is 1. The lowest BCUT2D eigenvalue weighted by Gasteiger charge is -2.44. The van der Waals surface area contributed by atoms with Crippen LogP contribution in [0, 0.1) is 29.0 Å². The van der Waals surface area contributed by atoms with Gasteiger partial charge in [-0.25, -0.2) is 0 Å². The largest absolute Gasteiger partial charge is 0.462 e. The van der Waals surface area contributed by atoms with Crippen LogP contribution in [-0.4, -0.2) is 35.4 Å². The zero-order valence-corrected chi connectivity index (χ0v) is 16.1. The molecule has 2 unspecified atom stereocenters. The first-order valence-corrected chi connectivity index (χ1v) is 9.25. The van der Waals surface area contributed by atoms with Crippen LogP contribution in [0.3, 0.4) is 0 Å². The van der Waals surface area contributed by atoms with Gasteiger partial charge in [0.1, 0.15) is 12.2 Å². The number of aliphatic hydroxyl groups is 1. The van der Waals surface area contributed by atoms with Gasteiger partial charge in [-0.2, -0.15) is 0 Å². The van der Waals surface area contributed by atoms with Gasteiger partial charge in [-0.15, -0.1) is 0 Å². The van der Waals surface area contributed by atoms with Crippen molar-refractivity contribution >= 4 is 11.9 Å². The number of carbonyl (C=O) groups is 2. The van der Waals surface area contributed by atoms with Crippen molar-refractivity contribution in [3.8, 4) is 0 Å². The van der Waals surface area contributed by atoms with Crippen LogP contribution >= 0.6 is 0 Å². The molecule has 5 heteroatoms. The average Bonchev–Trinajstić information content (AvgIpc) is 2.93. The molecule has 1 N–H and O–H groups in total. The molecular weight excluding hydrogens is 380 g/mol. The Morgan fingerprint density at radius 2 is 2.37 bits per heavy atom. The summed E-state index contributed by atoms with van der Waals surface area (Å²) in [5, 5.41) is 10.2. The Balaban J connectivity index is 2.42. The third-order valence-corrected chi connectivity index (χ3v) is 5.16. The van der Waals surface area contributed by atoms with E-state index < -0.39 is 149 Å². The van der Waals surface area contributed by atoms with Gasteiger partial charge < -0.3 is 14.6 Å². The van der Waals surface area contributed by atoms with Gasteiger partial charge in [0.2, 0.25) is 0 Å². The standard InChI is InChI=1S/C25H38O5/c1-6-25(4,5)24(28)30-21-12-15(2)11-17-8-7-16(3)20(23(17)21)10-9-19-13-18(26)14-22(27)29-19/h7-8,11,15-16,18-21,23,26H,6,9-10,12-14H2,1-5H3/t15-,16-,18+,19?,20-,21?,23-/m0/s1/i1D3,2D3,4D3,5D3,6D2,7D,8D,11D,12D2,14D2,15D,16D. The maximum absolute atomic E-state index is 14.2. The molecule has 1 heterocycles. The van der Waals surface area contributed by atoms with Crippen molar-refractivity contribution in [2.45, 2.75) is 91.0 Å². The van der Waals surface area contributed by atoms with Crippen molar-refractivity contribution in [1.29, 1.82) is 0 Å². The van der Waals surface area contributed by atoms with Crippen molar-refractivity contribution in [3.05, 3.63) is 23.7 Å². The number of hydrogen-bond acceptors (Lipinski definition) is 5. The van der Waals surface area contributed by atoms with Crippen LogP contribution in [0.2, 0.25) is 0 Å². The summed E-state index contributed by atoms with van der Waals surface area (Å²) in [6.45, 7) is -16.0. The van der Waals surface area contributed by atoms with E-state index in [0.717, 1.165) is 6.92 Å². The van der Waals surface area contributed by atoms with E-state index in [9.17, 15) is 14.7 Å². The summed E-state index contributed by atoms with van der Waals surface area (Å²) in [4.78, 5) is 26.5. The summed E-state index contributed by atoms with van der Waals surface area (Å²) in [7, 11) is 0. The van der Waals surface area contributed by atoms with Crippen LogP contribution < -0.4 is 0 Å². The van der Waals surface area contributed by atoms with Gasteiger partial charge >= 0.3 is 11.9 Å². The van der Waals surface area contributed by atoms with Gasteiger partial charge in [-0.3, -0.25) is 9.59 Å². The van der Waals surface area contributed by atoms with Crippen LogP contribution in [-0.2, 0) is 19.1 Å². The lowest BCUT2D eigenvalue weighted by Crippen LogP contribution is -2.43. The predicted octanol–water partition coefficient (Wildman–Crippen LogP) is 4.59. The van der Waals surface area contributed by atoms with Gasteiger partial charge in [-0.05, 0) is 62.6 Å². The number of allylic oxidation sites excluding steroid dienone is 3. The molecule has 0 aromatic rings. The number of aliphatic hydroxyl groups excluding tert-OH is 1. The van der Waals surface area contributed by atoms with E-state index in [2.05, 4.69) is 0 Å². The third-order valence-electron chi connectivity index (χ3n) is 5.16. The van der Waals surface area contributed by atoms with E-state index in [-0.39, 0.29) is 0 Å². The second-order valence-electron chi connectivity index (χ2n) is 7.32. The Labute approximate surface area is 213 Å². The molecule has 5 nitrogen and oxygen atoms in total. The lowest BCUT2D eigenvalue weighted by atomic mass is 9.65. The van der Waals surface area contributed by atoms with Crippen molar-refractivity contribution in [2.24, 2.45) is 29.0 Å². The smallest absolute Gasteiger partial charge is 0.311 e. The predicted molar refractivity (Wildman–Crippen MR) is 115 cm³/mol. The molecule has 3 rings (SSSR count). The highest BCUT2D eigenvalue weighted by atomic mass is 16.6. The minimum atomic E-state index is -4.68. The Hall–Kier alpha value is -1.62. The van der Waals surface area contributed by atoms with E-state index in [1.165, 1.54) is 0 Å². The van der Waals surface area contributed by atoms with Gasteiger partial charge in [-0.1, -0.05) is 38.8 Å². The zero-order chi connectivity index (χ0) is 41.9. The Morgan fingerprint density at radius 1 is 1.53 bits per heavy atom. The van der Waals surface area contributed by atoms with E-state index in [4.69, 9.17) is 41.0 Å². The maximum atomic E-state index is 14.2. The molecule has 0 saturated carbocycles. The van der Waals surface area contributed by atoms with E-state index in [0.29, 0.717) is 0 Å². The van der Waals surface area contributed by atoms with Gasteiger partial charge in [0.15, 0.2) is 0 Å². The number of carbonyl (C=O) groups excluding carboxylic acids is 2. The third kappa shape index (κ3) is 5.16. The molecule has 0 aromatic carbocycles. The molecule has 0 amide bonds. The molecule has 0 spiro atoms. The number of ether oxygens (including phenoxy) is 2. The molecule has 0 aromatic heterocycles. The molecule has 0 radical (unpaired) electrons.